The van der Waals surface area contributed by atoms with Gasteiger partial charge >= 0.3 is 0 Å². The zero-order valence-corrected chi connectivity index (χ0v) is 11.7. The van der Waals surface area contributed by atoms with Gasteiger partial charge in [0, 0.05) is 0 Å². The minimum atomic E-state index is -0.383. The lowest BCUT2D eigenvalue weighted by molar-refractivity contribution is -0.115. The molecule has 6 heteroatoms. The molecule has 2 rings (SSSR count). The SMILES string of the molecule is C=CCOc1ccc(C=C2SC(=O)NC2=O)cc1OC. The lowest BCUT2D eigenvalue weighted by Crippen LogP contribution is -2.17. The number of benzene rings is 1. The molecule has 0 radical (unpaired) electrons. The van der Waals surface area contributed by atoms with Crippen LogP contribution in [0.3, 0.4) is 0 Å². The lowest BCUT2D eigenvalue weighted by atomic mass is 10.2. The summed E-state index contributed by atoms with van der Waals surface area (Å²) in [5.41, 5.74) is 0.750. The number of hydrogen-bond acceptors (Lipinski definition) is 5. The first-order chi connectivity index (χ1) is 9.63. The van der Waals surface area contributed by atoms with E-state index in [-0.39, 0.29) is 11.1 Å². The van der Waals surface area contributed by atoms with Gasteiger partial charge in [-0.2, -0.15) is 0 Å². The normalized spacial score (nSPS) is 16.1. The molecule has 1 N–H and O–H groups in total. The van der Waals surface area contributed by atoms with E-state index in [2.05, 4.69) is 11.9 Å². The minimum absolute atomic E-state index is 0.358. The fraction of sp³-hybridized carbons (Fsp3) is 0.143. The molecule has 0 atom stereocenters. The molecular formula is C14H13NO4S. The Labute approximate surface area is 120 Å². The zero-order chi connectivity index (χ0) is 14.5. The van der Waals surface area contributed by atoms with Crippen LogP contribution < -0.4 is 14.8 Å². The van der Waals surface area contributed by atoms with Crippen LogP contribution in [0.15, 0.2) is 35.8 Å². The van der Waals surface area contributed by atoms with Gasteiger partial charge in [0.1, 0.15) is 6.61 Å². The topological polar surface area (TPSA) is 64.6 Å². The standard InChI is InChI=1S/C14H13NO4S/c1-3-6-19-10-5-4-9(7-11(10)18-2)8-12-13(16)15-14(17)20-12/h3-5,7-8H,1,6H2,2H3,(H,15,16,17). The molecule has 0 bridgehead atoms. The molecular weight excluding hydrogens is 278 g/mol. The van der Waals surface area contributed by atoms with E-state index in [1.165, 1.54) is 7.11 Å². The van der Waals surface area contributed by atoms with Gasteiger partial charge in [-0.15, -0.1) is 0 Å². The minimum Gasteiger partial charge on any atom is -0.493 e. The summed E-state index contributed by atoms with van der Waals surface area (Å²) in [4.78, 5) is 22.9. The van der Waals surface area contributed by atoms with Crippen molar-refractivity contribution in [3.05, 3.63) is 41.3 Å². The van der Waals surface area contributed by atoms with E-state index in [1.54, 1.807) is 30.4 Å². The summed E-state index contributed by atoms with van der Waals surface area (Å²) in [5.74, 6) is 0.760. The highest BCUT2D eigenvalue weighted by atomic mass is 32.2. The van der Waals surface area contributed by atoms with Crippen LogP contribution in [0.2, 0.25) is 0 Å². The van der Waals surface area contributed by atoms with Gasteiger partial charge in [-0.25, -0.2) is 0 Å². The van der Waals surface area contributed by atoms with E-state index in [9.17, 15) is 9.59 Å². The van der Waals surface area contributed by atoms with Gasteiger partial charge in [-0.05, 0) is 35.5 Å². The van der Waals surface area contributed by atoms with Crippen LogP contribution in [0.25, 0.3) is 6.08 Å². The maximum atomic E-state index is 11.5. The Balaban J connectivity index is 2.25. The van der Waals surface area contributed by atoms with Crippen molar-refractivity contribution in [2.45, 2.75) is 0 Å². The third kappa shape index (κ3) is 3.21. The molecule has 104 valence electrons. The van der Waals surface area contributed by atoms with Crippen molar-refractivity contribution in [2.75, 3.05) is 13.7 Å². The van der Waals surface area contributed by atoms with Gasteiger partial charge < -0.3 is 9.47 Å². The molecule has 1 saturated heterocycles. The Kier molecular flexibility index (Phi) is 4.47. The number of amides is 2. The lowest BCUT2D eigenvalue weighted by Gasteiger charge is -2.09. The number of thioether (sulfide) groups is 1. The van der Waals surface area contributed by atoms with Crippen molar-refractivity contribution in [2.24, 2.45) is 0 Å². The number of imide groups is 1. The second-order valence-electron chi connectivity index (χ2n) is 3.86. The van der Waals surface area contributed by atoms with Crippen LogP contribution in [0.4, 0.5) is 4.79 Å². The predicted molar refractivity (Wildman–Crippen MR) is 77.8 cm³/mol. The summed E-state index contributed by atoms with van der Waals surface area (Å²) in [7, 11) is 1.54. The van der Waals surface area contributed by atoms with Crippen molar-refractivity contribution in [3.8, 4) is 11.5 Å². The molecule has 0 aliphatic carbocycles. The first-order valence-electron chi connectivity index (χ1n) is 5.80. The van der Waals surface area contributed by atoms with Crippen molar-refractivity contribution in [1.29, 1.82) is 0 Å². The number of rotatable bonds is 5. The van der Waals surface area contributed by atoms with Crippen LogP contribution in [0, 0.1) is 0 Å². The largest absolute Gasteiger partial charge is 0.493 e. The van der Waals surface area contributed by atoms with Crippen molar-refractivity contribution < 1.29 is 19.1 Å². The van der Waals surface area contributed by atoms with E-state index in [0.717, 1.165) is 17.3 Å². The Morgan fingerprint density at radius 1 is 1.35 bits per heavy atom. The summed E-state index contributed by atoms with van der Waals surface area (Å²) in [6, 6.07) is 5.26. The van der Waals surface area contributed by atoms with Gasteiger partial charge in [0.15, 0.2) is 11.5 Å². The molecule has 1 aromatic carbocycles. The molecule has 1 heterocycles. The smallest absolute Gasteiger partial charge is 0.290 e. The highest BCUT2D eigenvalue weighted by Crippen LogP contribution is 2.31. The number of carbonyl (C=O) groups excluding carboxylic acids is 2. The van der Waals surface area contributed by atoms with Crippen LogP contribution in [0.5, 0.6) is 11.5 Å². The van der Waals surface area contributed by atoms with E-state index >= 15 is 0 Å². The summed E-state index contributed by atoms with van der Waals surface area (Å²) in [6.07, 6.45) is 3.27. The molecule has 0 unspecified atom stereocenters. The second-order valence-corrected chi connectivity index (χ2v) is 4.88. The molecule has 1 fully saturated rings. The maximum Gasteiger partial charge on any atom is 0.290 e. The summed E-state index contributed by atoms with van der Waals surface area (Å²) < 4.78 is 10.7. The van der Waals surface area contributed by atoms with E-state index in [1.807, 2.05) is 0 Å². The second kappa shape index (κ2) is 6.29. The number of nitrogens with one attached hydrogen (secondary N) is 1. The van der Waals surface area contributed by atoms with Gasteiger partial charge in [-0.1, -0.05) is 18.7 Å². The van der Waals surface area contributed by atoms with Crippen molar-refractivity contribution in [3.63, 3.8) is 0 Å². The summed E-state index contributed by atoms with van der Waals surface area (Å²) in [5, 5.41) is 1.84. The average molecular weight is 291 g/mol. The van der Waals surface area contributed by atoms with Gasteiger partial charge in [0.2, 0.25) is 0 Å². The molecule has 1 aromatic rings. The third-order valence-corrected chi connectivity index (χ3v) is 3.29. The fourth-order valence-electron chi connectivity index (χ4n) is 1.61. The van der Waals surface area contributed by atoms with E-state index in [0.29, 0.717) is 23.0 Å². The summed E-state index contributed by atoms with van der Waals surface area (Å²) >= 11 is 0.876. The van der Waals surface area contributed by atoms with Crippen LogP contribution in [-0.2, 0) is 4.79 Å². The Hall–Kier alpha value is -2.21. The molecule has 0 saturated carbocycles. The molecule has 20 heavy (non-hydrogen) atoms. The van der Waals surface area contributed by atoms with Gasteiger partial charge in [-0.3, -0.25) is 14.9 Å². The average Bonchev–Trinajstić information content (AvgIpc) is 2.75. The molecule has 1 aliphatic rings. The molecule has 2 amide bonds. The summed E-state index contributed by atoms with van der Waals surface area (Å²) in [6.45, 7) is 3.96. The first kappa shape index (κ1) is 14.2. The van der Waals surface area contributed by atoms with Crippen LogP contribution in [-0.4, -0.2) is 24.9 Å². The van der Waals surface area contributed by atoms with E-state index < -0.39 is 0 Å². The highest BCUT2D eigenvalue weighted by Gasteiger charge is 2.25. The maximum absolute atomic E-state index is 11.5. The quantitative estimate of drug-likeness (QED) is 0.667. The molecule has 1 aliphatic heterocycles. The fourth-order valence-corrected chi connectivity index (χ4v) is 2.30. The Morgan fingerprint density at radius 3 is 2.75 bits per heavy atom. The molecule has 0 spiro atoms. The van der Waals surface area contributed by atoms with Crippen LogP contribution >= 0.6 is 11.8 Å². The monoisotopic (exact) mass is 291 g/mol. The highest BCUT2D eigenvalue weighted by molar-refractivity contribution is 8.18. The predicted octanol–water partition coefficient (Wildman–Crippen LogP) is 2.58. The van der Waals surface area contributed by atoms with E-state index in [4.69, 9.17) is 9.47 Å². The van der Waals surface area contributed by atoms with Crippen LogP contribution in [0.1, 0.15) is 5.56 Å². The Morgan fingerprint density at radius 2 is 2.15 bits per heavy atom. The third-order valence-electron chi connectivity index (χ3n) is 2.48. The Bertz CT molecular complexity index is 595. The number of hydrogen-bond donors (Lipinski definition) is 1. The van der Waals surface area contributed by atoms with Crippen molar-refractivity contribution >= 4 is 29.0 Å². The van der Waals surface area contributed by atoms with Gasteiger partial charge in [0.05, 0.1) is 12.0 Å². The first-order valence-corrected chi connectivity index (χ1v) is 6.62. The van der Waals surface area contributed by atoms with Crippen molar-refractivity contribution in [1.82, 2.24) is 5.32 Å². The molecule has 0 aromatic heterocycles. The number of carbonyl (C=O) groups is 2. The molecule has 5 nitrogen and oxygen atoms in total. The number of ether oxygens (including phenoxy) is 2. The van der Waals surface area contributed by atoms with Gasteiger partial charge in [0.25, 0.3) is 11.1 Å². The number of methoxy groups -OCH3 is 1. The zero-order valence-electron chi connectivity index (χ0n) is 10.8.